The van der Waals surface area contributed by atoms with Crippen molar-refractivity contribution in [3.8, 4) is 5.88 Å². The maximum Gasteiger partial charge on any atom is 0.407 e. The predicted octanol–water partition coefficient (Wildman–Crippen LogP) is 1.52. The number of carbonyl (C=O) groups is 2. The van der Waals surface area contributed by atoms with Crippen LogP contribution in [0.5, 0.6) is 5.88 Å². The molecule has 0 aliphatic heterocycles. The molecule has 0 aliphatic rings. The monoisotopic (exact) mass is 280 g/mol. The molecular weight excluding hydrogens is 264 g/mol. The SMILES string of the molecule is C=CCOC(=O)N[C@@H](CC(=O)O)c1ccc(OC)nc1. The number of hydrogen-bond acceptors (Lipinski definition) is 5. The largest absolute Gasteiger partial charge is 0.481 e. The maximum absolute atomic E-state index is 11.5. The number of carboxylic acids is 1. The fourth-order valence-electron chi connectivity index (χ4n) is 1.46. The van der Waals surface area contributed by atoms with Gasteiger partial charge in [0.1, 0.15) is 6.61 Å². The summed E-state index contributed by atoms with van der Waals surface area (Å²) in [6, 6.07) is 2.48. The standard InChI is InChI=1S/C13H16N2O5/c1-3-6-20-13(18)15-10(7-12(16)17)9-4-5-11(19-2)14-8-9/h3-5,8,10H,1,6-7H2,2H3,(H,15,18)(H,16,17)/t10-/m0/s1. The first kappa shape index (κ1) is 15.5. The highest BCUT2D eigenvalue weighted by atomic mass is 16.5. The van der Waals surface area contributed by atoms with Crippen LogP contribution in [0.3, 0.4) is 0 Å². The molecule has 7 heteroatoms. The number of amides is 1. The summed E-state index contributed by atoms with van der Waals surface area (Å²) in [6.07, 6.45) is 1.87. The van der Waals surface area contributed by atoms with Crippen LogP contribution >= 0.6 is 0 Å². The average molecular weight is 280 g/mol. The van der Waals surface area contributed by atoms with Crippen molar-refractivity contribution in [2.45, 2.75) is 12.5 Å². The van der Waals surface area contributed by atoms with Gasteiger partial charge in [0.2, 0.25) is 5.88 Å². The summed E-state index contributed by atoms with van der Waals surface area (Å²) in [5.41, 5.74) is 0.545. The molecule has 0 radical (unpaired) electrons. The lowest BCUT2D eigenvalue weighted by atomic mass is 10.1. The van der Waals surface area contributed by atoms with Crippen molar-refractivity contribution < 1.29 is 24.2 Å². The molecule has 1 heterocycles. The van der Waals surface area contributed by atoms with Crippen molar-refractivity contribution in [2.24, 2.45) is 0 Å². The second-order valence-electron chi connectivity index (χ2n) is 3.82. The Balaban J connectivity index is 2.78. The van der Waals surface area contributed by atoms with Gasteiger partial charge in [-0.05, 0) is 5.56 Å². The van der Waals surface area contributed by atoms with Gasteiger partial charge in [0.25, 0.3) is 0 Å². The zero-order valence-corrected chi connectivity index (χ0v) is 11.0. The second kappa shape index (κ2) is 7.78. The van der Waals surface area contributed by atoms with Crippen molar-refractivity contribution in [3.63, 3.8) is 0 Å². The van der Waals surface area contributed by atoms with Gasteiger partial charge in [-0.25, -0.2) is 9.78 Å². The molecule has 1 rings (SSSR count). The van der Waals surface area contributed by atoms with E-state index >= 15 is 0 Å². The van der Waals surface area contributed by atoms with Crippen LogP contribution in [0.1, 0.15) is 18.0 Å². The highest BCUT2D eigenvalue weighted by Gasteiger charge is 2.19. The second-order valence-corrected chi connectivity index (χ2v) is 3.82. The van der Waals surface area contributed by atoms with Crippen molar-refractivity contribution in [1.82, 2.24) is 10.3 Å². The lowest BCUT2D eigenvalue weighted by Crippen LogP contribution is -2.30. The van der Waals surface area contributed by atoms with Gasteiger partial charge in [-0.2, -0.15) is 0 Å². The van der Waals surface area contributed by atoms with E-state index in [9.17, 15) is 9.59 Å². The molecule has 108 valence electrons. The van der Waals surface area contributed by atoms with Gasteiger partial charge in [0.05, 0.1) is 19.6 Å². The summed E-state index contributed by atoms with van der Waals surface area (Å²) in [7, 11) is 1.47. The van der Waals surface area contributed by atoms with E-state index in [2.05, 4.69) is 16.9 Å². The maximum atomic E-state index is 11.5. The number of nitrogens with one attached hydrogen (secondary N) is 1. The van der Waals surface area contributed by atoms with Gasteiger partial charge in [-0.3, -0.25) is 4.79 Å². The molecule has 1 aromatic rings. The van der Waals surface area contributed by atoms with Crippen LogP contribution in [0, 0.1) is 0 Å². The topological polar surface area (TPSA) is 97.8 Å². The van der Waals surface area contributed by atoms with E-state index in [4.69, 9.17) is 14.6 Å². The zero-order chi connectivity index (χ0) is 15.0. The van der Waals surface area contributed by atoms with Crippen LogP contribution in [0.15, 0.2) is 31.0 Å². The molecule has 0 saturated carbocycles. The van der Waals surface area contributed by atoms with Crippen LogP contribution in [-0.4, -0.2) is 35.9 Å². The van der Waals surface area contributed by atoms with Crippen LogP contribution in [0.2, 0.25) is 0 Å². The molecule has 0 aliphatic carbocycles. The smallest absolute Gasteiger partial charge is 0.407 e. The Morgan fingerprint density at radius 3 is 2.80 bits per heavy atom. The van der Waals surface area contributed by atoms with E-state index in [1.54, 1.807) is 12.1 Å². The molecule has 0 spiro atoms. The molecule has 20 heavy (non-hydrogen) atoms. The third-order valence-corrected chi connectivity index (χ3v) is 2.37. The number of methoxy groups -OCH3 is 1. The van der Waals surface area contributed by atoms with Crippen molar-refractivity contribution >= 4 is 12.1 Å². The first-order valence-electron chi connectivity index (χ1n) is 5.82. The number of carboxylic acid groups (broad SMARTS) is 1. The van der Waals surface area contributed by atoms with Crippen LogP contribution in [0.4, 0.5) is 4.79 Å². The van der Waals surface area contributed by atoms with E-state index < -0.39 is 18.1 Å². The third kappa shape index (κ3) is 4.97. The van der Waals surface area contributed by atoms with Gasteiger partial charge in [-0.1, -0.05) is 18.7 Å². The summed E-state index contributed by atoms with van der Waals surface area (Å²) in [5.74, 6) is -0.646. The van der Waals surface area contributed by atoms with E-state index in [0.29, 0.717) is 11.4 Å². The van der Waals surface area contributed by atoms with Gasteiger partial charge in [0.15, 0.2) is 0 Å². The molecule has 1 amide bonds. The first-order valence-corrected chi connectivity index (χ1v) is 5.82. The Morgan fingerprint density at radius 1 is 1.55 bits per heavy atom. The summed E-state index contributed by atoms with van der Waals surface area (Å²) in [4.78, 5) is 26.3. The molecule has 0 bridgehead atoms. The number of nitrogens with zero attached hydrogens (tertiary/aromatic N) is 1. The summed E-state index contributed by atoms with van der Waals surface area (Å²) < 4.78 is 9.68. The van der Waals surface area contributed by atoms with Gasteiger partial charge >= 0.3 is 12.1 Å². The number of alkyl carbamates (subject to hydrolysis) is 1. The van der Waals surface area contributed by atoms with Crippen molar-refractivity contribution in [1.29, 1.82) is 0 Å². The first-order chi connectivity index (χ1) is 9.56. The molecule has 7 nitrogen and oxygen atoms in total. The average Bonchev–Trinajstić information content (AvgIpc) is 2.44. The molecule has 2 N–H and O–H groups in total. The van der Waals surface area contributed by atoms with Gasteiger partial charge in [0, 0.05) is 12.3 Å². The van der Waals surface area contributed by atoms with E-state index in [0.717, 1.165) is 0 Å². The Labute approximate surface area is 116 Å². The summed E-state index contributed by atoms with van der Waals surface area (Å²) >= 11 is 0. The fourth-order valence-corrected chi connectivity index (χ4v) is 1.46. The Morgan fingerprint density at radius 2 is 2.30 bits per heavy atom. The fraction of sp³-hybridized carbons (Fsp3) is 0.308. The molecule has 0 unspecified atom stereocenters. The van der Waals surface area contributed by atoms with Crippen LogP contribution in [-0.2, 0) is 9.53 Å². The summed E-state index contributed by atoms with van der Waals surface area (Å²) in [6.45, 7) is 3.46. The molecule has 0 aromatic carbocycles. The Hall–Kier alpha value is -2.57. The van der Waals surface area contributed by atoms with E-state index in [1.165, 1.54) is 19.4 Å². The summed E-state index contributed by atoms with van der Waals surface area (Å²) in [5, 5.41) is 11.3. The van der Waals surface area contributed by atoms with E-state index in [-0.39, 0.29) is 13.0 Å². The number of aliphatic carboxylic acids is 1. The highest BCUT2D eigenvalue weighted by molar-refractivity contribution is 5.71. The molecule has 0 saturated heterocycles. The lowest BCUT2D eigenvalue weighted by molar-refractivity contribution is -0.137. The Bertz CT molecular complexity index is 472. The van der Waals surface area contributed by atoms with Crippen LogP contribution in [0.25, 0.3) is 0 Å². The van der Waals surface area contributed by atoms with Crippen molar-refractivity contribution in [2.75, 3.05) is 13.7 Å². The van der Waals surface area contributed by atoms with Crippen molar-refractivity contribution in [3.05, 3.63) is 36.5 Å². The molecule has 1 aromatic heterocycles. The number of aromatic nitrogens is 1. The number of carbonyl (C=O) groups excluding carboxylic acids is 1. The highest BCUT2D eigenvalue weighted by Crippen LogP contribution is 2.18. The predicted molar refractivity (Wildman–Crippen MR) is 70.5 cm³/mol. The molecule has 1 atom stereocenters. The quantitative estimate of drug-likeness (QED) is 0.735. The lowest BCUT2D eigenvalue weighted by Gasteiger charge is -2.16. The molecule has 0 fully saturated rings. The van der Waals surface area contributed by atoms with Crippen LogP contribution < -0.4 is 10.1 Å². The normalized spacial score (nSPS) is 11.2. The minimum Gasteiger partial charge on any atom is -0.481 e. The van der Waals surface area contributed by atoms with Gasteiger partial charge in [-0.15, -0.1) is 0 Å². The molecular formula is C13H16N2O5. The number of rotatable bonds is 7. The number of pyridine rings is 1. The minimum absolute atomic E-state index is 0.0481. The van der Waals surface area contributed by atoms with E-state index in [1.807, 2.05) is 0 Å². The Kier molecular flexibility index (Phi) is 6.02. The van der Waals surface area contributed by atoms with Gasteiger partial charge < -0.3 is 19.9 Å². The third-order valence-electron chi connectivity index (χ3n) is 2.37. The zero-order valence-electron chi connectivity index (χ0n) is 11.0. The number of ether oxygens (including phenoxy) is 2. The minimum atomic E-state index is -1.05. The number of hydrogen-bond donors (Lipinski definition) is 2.